The fraction of sp³-hybridized carbons (Fsp3) is 0.0741. The Morgan fingerprint density at radius 3 is 2.56 bits per heavy atom. The van der Waals surface area contributed by atoms with Crippen LogP contribution in [0.25, 0.3) is 38.7 Å². The molecule has 0 fully saturated rings. The molecule has 34 heavy (non-hydrogen) atoms. The highest BCUT2D eigenvalue weighted by Gasteiger charge is 2.20. The van der Waals surface area contributed by atoms with Crippen LogP contribution in [0.5, 0.6) is 11.6 Å². The van der Waals surface area contributed by atoms with Crippen LogP contribution in [0.1, 0.15) is 0 Å². The zero-order valence-corrected chi connectivity index (χ0v) is 18.5. The quantitative estimate of drug-likeness (QED) is 0.333. The lowest BCUT2D eigenvalue weighted by Gasteiger charge is -2.18. The largest absolute Gasteiger partial charge is 0.439 e. The fourth-order valence-corrected chi connectivity index (χ4v) is 4.73. The van der Waals surface area contributed by atoms with Crippen LogP contribution in [-0.4, -0.2) is 38.1 Å². The molecule has 6 aromatic rings. The van der Waals surface area contributed by atoms with Gasteiger partial charge in [-0.15, -0.1) is 0 Å². The number of hydrogen-bond acceptors (Lipinski definition) is 6. The van der Waals surface area contributed by atoms with Gasteiger partial charge in [0, 0.05) is 60.4 Å². The van der Waals surface area contributed by atoms with Crippen LogP contribution >= 0.6 is 0 Å². The third kappa shape index (κ3) is 2.87. The van der Waals surface area contributed by atoms with E-state index in [1.54, 1.807) is 0 Å². The van der Waals surface area contributed by atoms with Crippen molar-refractivity contribution in [2.45, 2.75) is 0 Å². The van der Waals surface area contributed by atoms with Crippen molar-refractivity contribution in [3.63, 3.8) is 0 Å². The van der Waals surface area contributed by atoms with Crippen LogP contribution < -0.4 is 9.64 Å². The summed E-state index contributed by atoms with van der Waals surface area (Å²) in [6.45, 7) is 0.809. The van der Waals surface area contributed by atoms with Crippen LogP contribution in [-0.2, 0) is 0 Å². The first-order valence-electron chi connectivity index (χ1n) is 11.1. The van der Waals surface area contributed by atoms with E-state index in [0.717, 1.165) is 56.8 Å². The maximum absolute atomic E-state index is 6.30. The minimum atomic E-state index is 0.537. The number of pyridine rings is 3. The monoisotopic (exact) mass is 444 g/mol. The van der Waals surface area contributed by atoms with E-state index in [1.165, 1.54) is 0 Å². The molecule has 5 heterocycles. The molecule has 0 bridgehead atoms. The van der Waals surface area contributed by atoms with Crippen LogP contribution in [0.15, 0.2) is 91.5 Å². The standard InChI is InChI=1S/C27H20N6O/c1-31-13-14-32(17-31)18-5-4-6-19(15-18)34-25-16-23-27-21(30-25)9-8-20-26(27)22(10-12-28-20)33(23)24-7-2-3-11-29-24/h2-16H,17H2,1H3. The summed E-state index contributed by atoms with van der Waals surface area (Å²) in [5, 5.41) is 2.16. The van der Waals surface area contributed by atoms with Gasteiger partial charge in [-0.3, -0.25) is 9.55 Å². The molecule has 0 spiro atoms. The normalized spacial score (nSPS) is 13.7. The second kappa shape index (κ2) is 7.18. The van der Waals surface area contributed by atoms with Crippen LogP contribution in [0.2, 0.25) is 0 Å². The molecule has 0 aliphatic carbocycles. The van der Waals surface area contributed by atoms with E-state index in [-0.39, 0.29) is 0 Å². The number of hydrogen-bond donors (Lipinski definition) is 0. The van der Waals surface area contributed by atoms with Crippen molar-refractivity contribution in [3.05, 3.63) is 91.5 Å². The summed E-state index contributed by atoms with van der Waals surface area (Å²) in [4.78, 5) is 18.3. The molecule has 164 valence electrons. The SMILES string of the molecule is CN1C=CN(c2cccc(Oc3cc4c5c(ccc6nccc(c65)n4-c4ccccn4)n3)c2)C1. The predicted octanol–water partition coefficient (Wildman–Crippen LogP) is 5.53. The fourth-order valence-electron chi connectivity index (χ4n) is 4.73. The Morgan fingerprint density at radius 2 is 1.71 bits per heavy atom. The van der Waals surface area contributed by atoms with E-state index in [9.17, 15) is 0 Å². The Bertz CT molecular complexity index is 1690. The molecule has 0 unspecified atom stereocenters. The zero-order valence-electron chi connectivity index (χ0n) is 18.5. The van der Waals surface area contributed by atoms with Gasteiger partial charge in [-0.25, -0.2) is 9.97 Å². The van der Waals surface area contributed by atoms with E-state index in [1.807, 2.05) is 73.1 Å². The van der Waals surface area contributed by atoms with Crippen molar-refractivity contribution in [2.75, 3.05) is 18.6 Å². The molecule has 7 heteroatoms. The van der Waals surface area contributed by atoms with Gasteiger partial charge in [0.25, 0.3) is 0 Å². The zero-order chi connectivity index (χ0) is 22.6. The predicted molar refractivity (Wildman–Crippen MR) is 134 cm³/mol. The van der Waals surface area contributed by atoms with Gasteiger partial charge in [0.1, 0.15) is 11.6 Å². The molecule has 0 amide bonds. The van der Waals surface area contributed by atoms with E-state index in [2.05, 4.69) is 49.8 Å². The first-order chi connectivity index (χ1) is 16.7. The summed E-state index contributed by atoms with van der Waals surface area (Å²) >= 11 is 0. The lowest BCUT2D eigenvalue weighted by Crippen LogP contribution is -2.21. The van der Waals surface area contributed by atoms with Gasteiger partial charge in [0.15, 0.2) is 0 Å². The highest BCUT2D eigenvalue weighted by Crippen LogP contribution is 2.39. The maximum atomic E-state index is 6.30. The van der Waals surface area contributed by atoms with Crippen LogP contribution in [0, 0.1) is 0 Å². The van der Waals surface area contributed by atoms with Crippen molar-refractivity contribution in [1.82, 2.24) is 24.4 Å². The number of ether oxygens (including phenoxy) is 1. The molecule has 0 saturated heterocycles. The molecule has 0 N–H and O–H groups in total. The second-order valence-electron chi connectivity index (χ2n) is 8.45. The van der Waals surface area contributed by atoms with E-state index < -0.39 is 0 Å². The molecule has 1 aliphatic rings. The first-order valence-corrected chi connectivity index (χ1v) is 11.1. The van der Waals surface area contributed by atoms with Crippen molar-refractivity contribution in [1.29, 1.82) is 0 Å². The second-order valence-corrected chi connectivity index (χ2v) is 8.45. The van der Waals surface area contributed by atoms with Gasteiger partial charge >= 0.3 is 0 Å². The average Bonchev–Trinajstić information content (AvgIpc) is 3.45. The number of nitrogens with zero attached hydrogens (tertiary/aromatic N) is 6. The molecule has 0 atom stereocenters. The average molecular weight is 444 g/mol. The number of rotatable bonds is 4. The number of anilines is 1. The summed E-state index contributed by atoms with van der Waals surface area (Å²) in [5.74, 6) is 2.12. The van der Waals surface area contributed by atoms with Gasteiger partial charge in [-0.2, -0.15) is 0 Å². The molecular weight excluding hydrogens is 424 g/mol. The Labute approximate surface area is 195 Å². The summed E-state index contributed by atoms with van der Waals surface area (Å²) in [6.07, 6.45) is 7.77. The van der Waals surface area contributed by atoms with Crippen molar-refractivity contribution in [2.24, 2.45) is 0 Å². The molecule has 1 aliphatic heterocycles. The van der Waals surface area contributed by atoms with E-state index in [4.69, 9.17) is 9.72 Å². The molecule has 0 radical (unpaired) electrons. The molecular formula is C27H20N6O. The van der Waals surface area contributed by atoms with E-state index >= 15 is 0 Å². The van der Waals surface area contributed by atoms with Crippen molar-refractivity contribution < 1.29 is 4.74 Å². The molecule has 0 saturated carbocycles. The Balaban J connectivity index is 1.39. The van der Waals surface area contributed by atoms with Gasteiger partial charge in [-0.05, 0) is 42.5 Å². The third-order valence-corrected chi connectivity index (χ3v) is 6.22. The highest BCUT2D eigenvalue weighted by atomic mass is 16.5. The molecule has 2 aromatic carbocycles. The Morgan fingerprint density at radius 1 is 0.794 bits per heavy atom. The summed E-state index contributed by atoms with van der Waals surface area (Å²) < 4.78 is 8.46. The minimum absolute atomic E-state index is 0.537. The summed E-state index contributed by atoms with van der Waals surface area (Å²) in [5.41, 5.74) is 4.92. The summed E-state index contributed by atoms with van der Waals surface area (Å²) in [6, 6.07) is 22.0. The smallest absolute Gasteiger partial charge is 0.221 e. The lowest BCUT2D eigenvalue weighted by atomic mass is 10.1. The topological polar surface area (TPSA) is 59.3 Å². The van der Waals surface area contributed by atoms with Gasteiger partial charge in [-0.1, -0.05) is 12.1 Å². The van der Waals surface area contributed by atoms with Gasteiger partial charge in [0.2, 0.25) is 5.88 Å². The summed E-state index contributed by atoms with van der Waals surface area (Å²) in [7, 11) is 2.05. The van der Waals surface area contributed by atoms with Crippen molar-refractivity contribution >= 4 is 38.5 Å². The molecule has 4 aromatic heterocycles. The van der Waals surface area contributed by atoms with Crippen LogP contribution in [0.3, 0.4) is 0 Å². The lowest BCUT2D eigenvalue weighted by molar-refractivity contribution is 0.465. The van der Waals surface area contributed by atoms with Crippen molar-refractivity contribution in [3.8, 4) is 17.4 Å². The molecule has 7 rings (SSSR count). The number of benzene rings is 2. The Hall–Kier alpha value is -4.65. The van der Waals surface area contributed by atoms with Gasteiger partial charge < -0.3 is 14.5 Å². The third-order valence-electron chi connectivity index (χ3n) is 6.22. The highest BCUT2D eigenvalue weighted by molar-refractivity contribution is 6.22. The number of aromatic nitrogens is 4. The molecule has 7 nitrogen and oxygen atoms in total. The first kappa shape index (κ1) is 18.9. The van der Waals surface area contributed by atoms with Gasteiger partial charge in [0.05, 0.1) is 28.7 Å². The Kier molecular flexibility index (Phi) is 3.99. The van der Waals surface area contributed by atoms with E-state index in [0.29, 0.717) is 5.88 Å². The maximum Gasteiger partial charge on any atom is 0.221 e. The minimum Gasteiger partial charge on any atom is -0.439 e. The van der Waals surface area contributed by atoms with Crippen LogP contribution in [0.4, 0.5) is 5.69 Å².